The summed E-state index contributed by atoms with van der Waals surface area (Å²) >= 11 is 0. The van der Waals surface area contributed by atoms with Crippen molar-refractivity contribution in [2.24, 2.45) is 0 Å². The third-order valence-corrected chi connectivity index (χ3v) is 4.54. The molecule has 1 aromatic heterocycles. The lowest BCUT2D eigenvalue weighted by Crippen LogP contribution is -2.10. The molecule has 0 aliphatic heterocycles. The Morgan fingerprint density at radius 2 is 1.74 bits per heavy atom. The van der Waals surface area contributed by atoms with Crippen LogP contribution in [-0.4, -0.2) is 0 Å². The molecule has 1 unspecified atom stereocenters. The summed E-state index contributed by atoms with van der Waals surface area (Å²) in [5, 5.41) is 2.85. The maximum atomic E-state index is 12.3. The molecule has 0 bridgehead atoms. The number of hydrogen-bond acceptors (Lipinski definition) is 2. The van der Waals surface area contributed by atoms with Gasteiger partial charge >= 0.3 is 7.65 Å². The highest BCUT2D eigenvalue weighted by molar-refractivity contribution is 7.37. The van der Waals surface area contributed by atoms with E-state index >= 15 is 0 Å². The molecule has 0 spiro atoms. The summed E-state index contributed by atoms with van der Waals surface area (Å²) in [6.45, 7) is 6.46. The minimum Gasteiger partial charge on any atom is -0.250 e. The van der Waals surface area contributed by atoms with Gasteiger partial charge in [-0.2, -0.15) is 0 Å². The standard InChI is InChI=1S/C16H16O2P/c1-16(2,3)11-8-9-13-12-6-4-5-7-14(12)18-19(17)15(13)10-11/h4-10H,1-3H3/q+1. The second-order valence-electron chi connectivity index (χ2n) is 5.83. The predicted octanol–water partition coefficient (Wildman–Crippen LogP) is 5.63. The van der Waals surface area contributed by atoms with E-state index in [1.807, 2.05) is 30.3 Å². The molecule has 0 saturated heterocycles. The number of rotatable bonds is 0. The van der Waals surface area contributed by atoms with E-state index in [2.05, 4.69) is 32.9 Å². The van der Waals surface area contributed by atoms with Gasteiger partial charge in [-0.3, -0.25) is 0 Å². The summed E-state index contributed by atoms with van der Waals surface area (Å²) in [4.78, 5) is 0. The molecule has 3 rings (SSSR count). The van der Waals surface area contributed by atoms with Gasteiger partial charge in [0.15, 0.2) is 5.58 Å². The summed E-state index contributed by atoms with van der Waals surface area (Å²) in [6.07, 6.45) is 0. The van der Waals surface area contributed by atoms with Crippen molar-refractivity contribution in [3.8, 4) is 0 Å². The highest BCUT2D eigenvalue weighted by Gasteiger charge is 2.21. The molecular formula is C16H16O2P+. The van der Waals surface area contributed by atoms with Crippen LogP contribution in [0.3, 0.4) is 0 Å². The van der Waals surface area contributed by atoms with Crippen LogP contribution in [0.2, 0.25) is 0 Å². The molecule has 0 saturated carbocycles. The molecular weight excluding hydrogens is 255 g/mol. The van der Waals surface area contributed by atoms with Crippen LogP contribution in [0.1, 0.15) is 26.3 Å². The van der Waals surface area contributed by atoms with Gasteiger partial charge in [0, 0.05) is 10.8 Å². The normalized spacial score (nSPS) is 13.1. The molecule has 0 fully saturated rings. The van der Waals surface area contributed by atoms with Gasteiger partial charge in [0.25, 0.3) is 0 Å². The Morgan fingerprint density at radius 3 is 2.47 bits per heavy atom. The first kappa shape index (κ1) is 12.4. The molecule has 3 aromatic rings. The van der Waals surface area contributed by atoms with Crippen LogP contribution >= 0.6 is 7.65 Å². The first-order chi connectivity index (χ1) is 8.97. The fourth-order valence-corrected chi connectivity index (χ4v) is 3.36. The van der Waals surface area contributed by atoms with Crippen LogP contribution < -0.4 is 0 Å². The maximum absolute atomic E-state index is 12.3. The Morgan fingerprint density at radius 1 is 1.00 bits per heavy atom. The molecule has 1 heterocycles. The highest BCUT2D eigenvalue weighted by atomic mass is 31.1. The Kier molecular flexibility index (Phi) is 2.72. The quantitative estimate of drug-likeness (QED) is 0.496. The van der Waals surface area contributed by atoms with Crippen molar-refractivity contribution in [1.82, 2.24) is 0 Å². The van der Waals surface area contributed by atoms with Crippen LogP contribution in [-0.2, 0) is 9.98 Å². The van der Waals surface area contributed by atoms with Crippen LogP contribution in [0.25, 0.3) is 21.5 Å². The maximum Gasteiger partial charge on any atom is 0.597 e. The van der Waals surface area contributed by atoms with Gasteiger partial charge in [0.1, 0.15) is 0 Å². The lowest BCUT2D eigenvalue weighted by Gasteiger charge is -2.18. The molecule has 2 nitrogen and oxygen atoms in total. The highest BCUT2D eigenvalue weighted by Crippen LogP contribution is 2.37. The van der Waals surface area contributed by atoms with Gasteiger partial charge in [-0.15, -0.1) is 0 Å². The van der Waals surface area contributed by atoms with E-state index in [0.717, 1.165) is 15.9 Å². The topological polar surface area (TPSA) is 30.2 Å². The van der Waals surface area contributed by atoms with E-state index in [1.54, 1.807) is 0 Å². The Bertz CT molecular complexity index is 825. The monoisotopic (exact) mass is 271 g/mol. The number of hydrogen-bond donors (Lipinski definition) is 0. The molecule has 2 aromatic carbocycles. The van der Waals surface area contributed by atoms with Gasteiger partial charge in [0.05, 0.1) is 0 Å². The third kappa shape index (κ3) is 2.06. The summed E-state index contributed by atoms with van der Waals surface area (Å²) < 4.78 is 17.8. The van der Waals surface area contributed by atoms with Crippen molar-refractivity contribution in [1.29, 1.82) is 0 Å². The molecule has 0 N–H and O–H groups in total. The van der Waals surface area contributed by atoms with Crippen LogP contribution in [0.4, 0.5) is 0 Å². The second-order valence-corrected chi connectivity index (χ2v) is 7.01. The lowest BCUT2D eigenvalue weighted by atomic mass is 9.87. The van der Waals surface area contributed by atoms with Crippen molar-refractivity contribution in [2.45, 2.75) is 26.2 Å². The predicted molar refractivity (Wildman–Crippen MR) is 80.0 cm³/mol. The fraction of sp³-hybridized carbons (Fsp3) is 0.250. The molecule has 0 radical (unpaired) electrons. The lowest BCUT2D eigenvalue weighted by molar-refractivity contribution is 0.563. The molecule has 0 amide bonds. The first-order valence-corrected chi connectivity index (χ1v) is 7.54. The van der Waals surface area contributed by atoms with Crippen molar-refractivity contribution >= 4 is 29.1 Å². The molecule has 0 aliphatic carbocycles. The van der Waals surface area contributed by atoms with Crippen molar-refractivity contribution in [2.75, 3.05) is 0 Å². The zero-order valence-electron chi connectivity index (χ0n) is 11.3. The van der Waals surface area contributed by atoms with Gasteiger partial charge in [-0.25, -0.2) is 4.20 Å². The van der Waals surface area contributed by atoms with Gasteiger partial charge in [-0.1, -0.05) is 45.0 Å². The van der Waals surface area contributed by atoms with Gasteiger partial charge in [0.2, 0.25) is 5.12 Å². The third-order valence-electron chi connectivity index (χ3n) is 3.42. The number of para-hydroxylation sites is 1. The molecule has 0 aliphatic rings. The van der Waals surface area contributed by atoms with Crippen molar-refractivity contribution in [3.63, 3.8) is 0 Å². The van der Waals surface area contributed by atoms with E-state index < -0.39 is 7.65 Å². The smallest absolute Gasteiger partial charge is 0.250 e. The first-order valence-electron chi connectivity index (χ1n) is 6.36. The zero-order valence-corrected chi connectivity index (χ0v) is 12.2. The summed E-state index contributed by atoms with van der Waals surface area (Å²) in [6, 6.07) is 13.9. The van der Waals surface area contributed by atoms with E-state index in [9.17, 15) is 4.57 Å². The van der Waals surface area contributed by atoms with Gasteiger partial charge < -0.3 is 0 Å². The zero-order chi connectivity index (χ0) is 13.6. The largest absolute Gasteiger partial charge is 0.597 e. The van der Waals surface area contributed by atoms with E-state index in [0.29, 0.717) is 5.58 Å². The van der Waals surface area contributed by atoms with Crippen LogP contribution in [0.5, 0.6) is 0 Å². The van der Waals surface area contributed by atoms with Gasteiger partial charge in [-0.05, 0) is 33.7 Å². The van der Waals surface area contributed by atoms with E-state index in [4.69, 9.17) is 4.20 Å². The fourth-order valence-electron chi connectivity index (χ4n) is 2.28. The van der Waals surface area contributed by atoms with Crippen molar-refractivity contribution in [3.05, 3.63) is 48.0 Å². The Balaban J connectivity index is 2.45. The van der Waals surface area contributed by atoms with E-state index in [1.165, 1.54) is 5.56 Å². The number of fused-ring (bicyclic) bond motifs is 3. The van der Waals surface area contributed by atoms with E-state index in [-0.39, 0.29) is 5.41 Å². The average Bonchev–Trinajstić information content (AvgIpc) is 2.37. The number of benzene rings is 2. The molecule has 3 heteroatoms. The Labute approximate surface area is 112 Å². The minimum atomic E-state index is -1.81. The minimum absolute atomic E-state index is 0.0438. The van der Waals surface area contributed by atoms with Crippen molar-refractivity contribution < 1.29 is 8.76 Å². The molecule has 96 valence electrons. The Hall–Kier alpha value is -1.66. The van der Waals surface area contributed by atoms with Crippen LogP contribution in [0.15, 0.2) is 46.7 Å². The summed E-state index contributed by atoms with van der Waals surface area (Å²) in [7, 11) is -1.81. The van der Waals surface area contributed by atoms with Crippen LogP contribution in [0, 0.1) is 0 Å². The summed E-state index contributed by atoms with van der Waals surface area (Å²) in [5.41, 5.74) is 1.93. The SMILES string of the molecule is CC(C)(C)c1ccc2c3ccccc3o[p+](=O)c2c1. The molecule has 19 heavy (non-hydrogen) atoms. The second kappa shape index (κ2) is 4.18. The average molecular weight is 271 g/mol. The molecule has 1 atom stereocenters. The summed E-state index contributed by atoms with van der Waals surface area (Å²) in [5.74, 6) is 0.